The van der Waals surface area contributed by atoms with E-state index in [0.29, 0.717) is 23.4 Å². The molecule has 3 rings (SSSR count). The van der Waals surface area contributed by atoms with Gasteiger partial charge in [-0.15, -0.1) is 0 Å². The summed E-state index contributed by atoms with van der Waals surface area (Å²) in [5.74, 6) is -1.41. The summed E-state index contributed by atoms with van der Waals surface area (Å²) in [5, 5.41) is 17.9. The van der Waals surface area contributed by atoms with E-state index in [-0.39, 0.29) is 17.3 Å². The second-order valence-electron chi connectivity index (χ2n) is 4.88. The highest BCUT2D eigenvalue weighted by Crippen LogP contribution is 2.32. The monoisotopic (exact) mass is 342 g/mol. The van der Waals surface area contributed by atoms with Gasteiger partial charge >= 0.3 is 7.12 Å². The molecule has 5 nitrogen and oxygen atoms in total. The van der Waals surface area contributed by atoms with Gasteiger partial charge in [0.1, 0.15) is 11.6 Å². The van der Waals surface area contributed by atoms with E-state index in [0.717, 1.165) is 17.9 Å². The first kappa shape index (κ1) is 16.1. The molecule has 0 unspecified atom stereocenters. The normalized spacial score (nSPS) is 13.6. The zero-order chi connectivity index (χ0) is 16.6. The van der Waals surface area contributed by atoms with Crippen molar-refractivity contribution in [1.29, 1.82) is 0 Å². The van der Waals surface area contributed by atoms with Crippen LogP contribution in [0.25, 0.3) is 11.4 Å². The minimum atomic E-state index is -2.28. The smallest absolute Gasteiger partial charge is 0.423 e. The van der Waals surface area contributed by atoms with Crippen LogP contribution in [-0.2, 0) is 12.2 Å². The largest absolute Gasteiger partial charge is 0.494 e. The van der Waals surface area contributed by atoms with Crippen molar-refractivity contribution in [2.75, 3.05) is 5.75 Å². The Bertz CT molecular complexity index is 723. The van der Waals surface area contributed by atoms with Crippen molar-refractivity contribution < 1.29 is 28.3 Å². The zero-order valence-corrected chi connectivity index (χ0v) is 12.4. The number of aryl methyl sites for hydroxylation is 1. The summed E-state index contributed by atoms with van der Waals surface area (Å²) in [6.45, 7) is 0. The molecule has 0 saturated carbocycles. The lowest BCUT2D eigenvalue weighted by Gasteiger charge is -2.16. The molecule has 2 N–H and O–H groups in total. The van der Waals surface area contributed by atoms with Gasteiger partial charge in [-0.25, -0.2) is 13.8 Å². The first-order valence-electron chi connectivity index (χ1n) is 6.63. The van der Waals surface area contributed by atoms with E-state index >= 15 is 0 Å². The van der Waals surface area contributed by atoms with E-state index in [2.05, 4.69) is 14.9 Å². The molecule has 0 amide bonds. The summed E-state index contributed by atoms with van der Waals surface area (Å²) in [4.78, 5) is 11.8. The van der Waals surface area contributed by atoms with Crippen LogP contribution in [-0.4, -0.2) is 32.9 Å². The second-order valence-corrected chi connectivity index (χ2v) is 5.99. The van der Waals surface area contributed by atoms with E-state index in [9.17, 15) is 13.3 Å². The summed E-state index contributed by atoms with van der Waals surface area (Å²) in [5.41, 5.74) is 0.165. The third-order valence-electron chi connectivity index (χ3n) is 3.45. The van der Waals surface area contributed by atoms with Gasteiger partial charge in [0.2, 0.25) is 0 Å². The second kappa shape index (κ2) is 6.38. The highest BCUT2D eigenvalue weighted by atomic mass is 32.2. The van der Waals surface area contributed by atoms with Crippen LogP contribution in [0.4, 0.5) is 13.3 Å². The van der Waals surface area contributed by atoms with E-state index in [4.69, 9.17) is 10.0 Å². The van der Waals surface area contributed by atoms with Crippen molar-refractivity contribution in [3.05, 3.63) is 35.0 Å². The average molecular weight is 342 g/mol. The number of benzene rings is 1. The molecule has 0 radical (unpaired) electrons. The lowest BCUT2D eigenvalue weighted by atomic mass is 9.79. The van der Waals surface area contributed by atoms with Crippen molar-refractivity contribution in [1.82, 2.24) is 9.97 Å². The van der Waals surface area contributed by atoms with Crippen LogP contribution in [0.1, 0.15) is 11.3 Å². The number of aromatic nitrogens is 2. The highest BCUT2D eigenvalue weighted by Gasteiger charge is 2.25. The minimum absolute atomic E-state index is 0.0521. The maximum atomic E-state index is 13.8. The number of nitrogens with zero attached hydrogens (tertiary/aromatic N) is 2. The molecule has 0 saturated heterocycles. The van der Waals surface area contributed by atoms with Gasteiger partial charge in [-0.3, -0.25) is 4.94 Å². The Morgan fingerprint density at radius 1 is 1.17 bits per heavy atom. The van der Waals surface area contributed by atoms with Crippen molar-refractivity contribution in [2.45, 2.75) is 12.2 Å². The van der Waals surface area contributed by atoms with Crippen molar-refractivity contribution in [2.24, 2.45) is 0 Å². The number of halogens is 3. The number of thioether (sulfide) groups is 1. The molecule has 23 heavy (non-hydrogen) atoms. The van der Waals surface area contributed by atoms with Crippen LogP contribution in [0, 0.1) is 11.6 Å². The Kier molecular flexibility index (Phi) is 4.47. The molecular weight excluding hydrogens is 332 g/mol. The number of rotatable bonds is 3. The molecule has 1 aliphatic heterocycles. The molecule has 1 aromatic heterocycles. The summed E-state index contributed by atoms with van der Waals surface area (Å²) in [6, 6.07) is 1.72. The van der Waals surface area contributed by atoms with Crippen LogP contribution in [0.5, 0.6) is 5.88 Å². The highest BCUT2D eigenvalue weighted by molar-refractivity contribution is 7.98. The fourth-order valence-electron chi connectivity index (χ4n) is 2.36. The average Bonchev–Trinajstić information content (AvgIpc) is 2.52. The topological polar surface area (TPSA) is 75.5 Å². The summed E-state index contributed by atoms with van der Waals surface area (Å²) < 4.78 is 40.4. The van der Waals surface area contributed by atoms with Crippen molar-refractivity contribution >= 4 is 24.3 Å². The molecule has 0 atom stereocenters. The summed E-state index contributed by atoms with van der Waals surface area (Å²) in [6.07, 6.45) is 0.560. The predicted octanol–water partition coefficient (Wildman–Crippen LogP) is 1.15. The maximum absolute atomic E-state index is 13.8. The lowest BCUT2D eigenvalue weighted by Crippen LogP contribution is -2.35. The van der Waals surface area contributed by atoms with Gasteiger partial charge in [0.25, 0.3) is 5.88 Å². The predicted molar refractivity (Wildman–Crippen MR) is 78.8 cm³/mol. The Balaban J connectivity index is 2.12. The number of hydrogen-bond acceptors (Lipinski definition) is 6. The molecule has 10 heteroatoms. The van der Waals surface area contributed by atoms with Gasteiger partial charge < -0.3 is 10.0 Å². The van der Waals surface area contributed by atoms with Crippen LogP contribution in [0.3, 0.4) is 0 Å². The van der Waals surface area contributed by atoms with Gasteiger partial charge in [0, 0.05) is 15.8 Å². The van der Waals surface area contributed by atoms with Crippen LogP contribution < -0.4 is 10.4 Å². The van der Waals surface area contributed by atoms with E-state index < -0.39 is 24.2 Å². The van der Waals surface area contributed by atoms with Crippen LogP contribution >= 0.6 is 11.8 Å². The molecule has 0 spiro atoms. The molecule has 2 heterocycles. The zero-order valence-electron chi connectivity index (χ0n) is 11.6. The fraction of sp³-hybridized carbons (Fsp3) is 0.231. The van der Waals surface area contributed by atoms with Gasteiger partial charge in [-0.05, 0) is 24.3 Å². The Hall–Kier alpha value is -1.78. The molecule has 0 bridgehead atoms. The fourth-order valence-corrected chi connectivity index (χ4v) is 3.33. The third-order valence-corrected chi connectivity index (χ3v) is 4.44. The van der Waals surface area contributed by atoms with Crippen LogP contribution in [0.2, 0.25) is 0 Å². The number of hydrogen-bond donors (Lipinski definition) is 2. The molecular formula is C13H10BF3N2O3S. The van der Waals surface area contributed by atoms with Gasteiger partial charge in [-0.1, -0.05) is 0 Å². The molecule has 1 aliphatic rings. The molecule has 0 aliphatic carbocycles. The van der Waals surface area contributed by atoms with Crippen molar-refractivity contribution in [3.8, 4) is 17.3 Å². The van der Waals surface area contributed by atoms with Crippen LogP contribution in [0.15, 0.2) is 12.1 Å². The number of fused-ring (bicyclic) bond motifs is 1. The first-order chi connectivity index (χ1) is 11.0. The molecule has 120 valence electrons. The van der Waals surface area contributed by atoms with Gasteiger partial charge in [-0.2, -0.15) is 16.7 Å². The summed E-state index contributed by atoms with van der Waals surface area (Å²) in [7, 11) is -2.28. The lowest BCUT2D eigenvalue weighted by molar-refractivity contribution is -0.0129. The Morgan fingerprint density at radius 2 is 1.87 bits per heavy atom. The quantitative estimate of drug-likeness (QED) is 0.816. The molecule has 1 aromatic carbocycles. The Morgan fingerprint density at radius 3 is 2.48 bits per heavy atom. The van der Waals surface area contributed by atoms with E-state index in [1.807, 2.05) is 0 Å². The third kappa shape index (κ3) is 3.01. The summed E-state index contributed by atoms with van der Waals surface area (Å²) >= 11 is 1.58. The van der Waals surface area contributed by atoms with Gasteiger partial charge in [0.15, 0.2) is 5.82 Å². The Labute approximate surface area is 133 Å². The molecule has 0 fully saturated rings. The minimum Gasteiger partial charge on any atom is -0.423 e. The van der Waals surface area contributed by atoms with E-state index in [1.54, 1.807) is 11.8 Å². The van der Waals surface area contributed by atoms with Crippen molar-refractivity contribution in [3.63, 3.8) is 0 Å². The van der Waals surface area contributed by atoms with Gasteiger partial charge in [0.05, 0.1) is 16.7 Å². The SMILES string of the molecule is OB(O)c1c(F)cc(-c2nc3c(c(OF)n2)CSCC3)cc1F. The van der Waals surface area contributed by atoms with E-state index in [1.165, 1.54) is 0 Å². The first-order valence-corrected chi connectivity index (χ1v) is 7.78. The maximum Gasteiger partial charge on any atom is 0.494 e. The molecule has 2 aromatic rings. The standard InChI is InChI=1S/C13H10BF3N2O3S/c15-8-3-6(4-9(16)11(8)14(20)21)12-18-10-1-2-23-5-7(10)13(19-12)22-17/h3-4,20-21H,1-2,5H2.